The second-order valence-corrected chi connectivity index (χ2v) is 26.2. The number of hydrogen-bond donors (Lipinski definition) is 0. The van der Waals surface area contributed by atoms with Crippen molar-refractivity contribution < 1.29 is 172 Å². The average molecular weight is 1690 g/mol. The van der Waals surface area contributed by atoms with Gasteiger partial charge in [0.25, 0.3) is 0 Å². The Morgan fingerprint density at radius 2 is 0.349 bits per heavy atom. The molecule has 16 rings (SSSR count). The van der Waals surface area contributed by atoms with Crippen LogP contribution in [0.15, 0.2) is 38.0 Å². The number of hydrogen-bond acceptors (Lipinski definition) is 40. The van der Waals surface area contributed by atoms with Gasteiger partial charge in [-0.2, -0.15) is 0 Å². The van der Waals surface area contributed by atoms with Gasteiger partial charge in [-0.15, -0.1) is 71.6 Å². The van der Waals surface area contributed by atoms with Crippen LogP contribution in [0.4, 0.5) is 0 Å². The Morgan fingerprint density at radius 1 is 0.217 bits per heavy atom. The number of rotatable bonds is 8. The smallest absolute Gasteiger partial charge is 0.457 e. The minimum Gasteiger partial charge on any atom is -0.457 e. The van der Waals surface area contributed by atoms with E-state index in [1.54, 1.807) is 47.3 Å². The van der Waals surface area contributed by atoms with Crippen molar-refractivity contribution in [1.82, 2.24) is 162 Å². The second kappa shape index (κ2) is 56.2. The molecular weight excluding hydrogens is 1600 g/mol. The molecule has 602 valence electrons. The minimum absolute atomic E-state index is 0. The third-order valence-electron chi connectivity index (χ3n) is 16.4. The first-order valence-corrected chi connectivity index (χ1v) is 36.8. The zero-order chi connectivity index (χ0) is 72.5. The molecule has 0 unspecified atom stereocenters. The van der Waals surface area contributed by atoms with Crippen LogP contribution in [0, 0.1) is 53.6 Å². The third kappa shape index (κ3) is 48.4. The van der Waals surface area contributed by atoms with E-state index in [1.165, 1.54) is 205 Å². The van der Waals surface area contributed by atoms with E-state index >= 15 is 0 Å². The van der Waals surface area contributed by atoms with Gasteiger partial charge in [0.15, 0.2) is 0 Å². The molecule has 106 heavy (non-hydrogen) atoms. The first-order valence-electron chi connectivity index (χ1n) is 31.9. The molecule has 58 heteroatoms. The van der Waals surface area contributed by atoms with E-state index in [1.807, 2.05) is 28.1 Å². The number of halogens is 4. The SMILES string of the molecule is [Fe+3].[Fe+3].[O-][Cl+3]([O-])([O-])[O-].[O-][Cl+3]([O-])([O-])[O-].[O-][Cl+3]([O-])([O-])[O-].[O-][Cl+3]([O-])([O-])[O-].[OH3+].[OH3+].[OH3+].[OH3+].[c-]1nnnn1C1CCCC1.[c-]1nnnn1C1CCCC1.c1nnnn1C1CCCC1.c1nnnn1C1CCCC1.c1nnnn1C1CCCC1.c1nnnn1C1CCCC1.c1nnnn1C1CCCC1.c1nnnn1C1CCCC1. The summed E-state index contributed by atoms with van der Waals surface area (Å²) >= 11 is 0. The van der Waals surface area contributed by atoms with E-state index in [0.29, 0.717) is 48.3 Å². The average Bonchev–Trinajstić information content (AvgIpc) is 1.83. The van der Waals surface area contributed by atoms with E-state index in [2.05, 4.69) is 137 Å². The molecule has 8 saturated carbocycles. The summed E-state index contributed by atoms with van der Waals surface area (Å²) in [5.74, 6) is 0. The van der Waals surface area contributed by atoms with Gasteiger partial charge in [-0.1, -0.05) is 124 Å². The second-order valence-electron chi connectivity index (χ2n) is 23.2. The molecule has 12 N–H and O–H groups in total. The van der Waals surface area contributed by atoms with Crippen molar-refractivity contribution in [2.75, 3.05) is 0 Å². The van der Waals surface area contributed by atoms with E-state index in [0.717, 1.165) is 0 Å². The van der Waals surface area contributed by atoms with Crippen molar-refractivity contribution in [3.05, 3.63) is 50.6 Å². The summed E-state index contributed by atoms with van der Waals surface area (Å²) in [6, 6.07) is 4.52. The van der Waals surface area contributed by atoms with E-state index in [4.69, 9.17) is 74.5 Å². The first kappa shape index (κ1) is 102. The van der Waals surface area contributed by atoms with Crippen LogP contribution >= 0.6 is 0 Å². The van der Waals surface area contributed by atoms with Gasteiger partial charge in [0.05, 0.1) is 36.3 Å². The van der Waals surface area contributed by atoms with Gasteiger partial charge in [-0.25, -0.2) is 115 Å². The van der Waals surface area contributed by atoms with Crippen LogP contribution < -0.4 is 74.5 Å². The van der Waals surface area contributed by atoms with Crippen LogP contribution in [0.2, 0.25) is 0 Å². The van der Waals surface area contributed by atoms with E-state index in [9.17, 15) is 0 Å². The number of tetrazole rings is 8. The molecule has 8 aliphatic carbocycles. The predicted octanol–water partition coefficient (Wildman–Crippen LogP) is -16.8. The van der Waals surface area contributed by atoms with Gasteiger partial charge < -0.3 is 41.5 Å². The third-order valence-corrected chi connectivity index (χ3v) is 16.4. The molecule has 52 nitrogen and oxygen atoms in total. The van der Waals surface area contributed by atoms with Gasteiger partial charge in [0.2, 0.25) is 0 Å². The maximum atomic E-state index is 8.49. The molecule has 8 aliphatic rings. The normalized spacial score (nSPS) is 17.4. The molecule has 0 atom stereocenters. The summed E-state index contributed by atoms with van der Waals surface area (Å²) in [5.41, 5.74) is 0. The van der Waals surface area contributed by atoms with Crippen LogP contribution in [0.5, 0.6) is 0 Å². The predicted molar refractivity (Wildman–Crippen MR) is 300 cm³/mol. The molecule has 0 saturated heterocycles. The van der Waals surface area contributed by atoms with Crippen LogP contribution in [-0.2, 0) is 56.0 Å². The summed E-state index contributed by atoms with van der Waals surface area (Å²) in [6.45, 7) is 0. The van der Waals surface area contributed by atoms with Crippen LogP contribution in [0.1, 0.15) is 254 Å². The summed E-state index contributed by atoms with van der Waals surface area (Å²) in [7, 11) is -19.8. The molecule has 8 aromatic heterocycles. The molecule has 0 aromatic carbocycles. The first-order chi connectivity index (χ1) is 47.7. The van der Waals surface area contributed by atoms with Gasteiger partial charge in [-0.05, 0) is 165 Å². The summed E-state index contributed by atoms with van der Waals surface area (Å²) in [6.07, 6.45) is 56.5. The molecule has 0 aliphatic heterocycles. The molecule has 0 spiro atoms. The fourth-order valence-corrected chi connectivity index (χ4v) is 11.9. The van der Waals surface area contributed by atoms with Crippen LogP contribution in [0.3, 0.4) is 0 Å². The Bertz CT molecular complexity index is 2490. The van der Waals surface area contributed by atoms with Crippen LogP contribution in [0.25, 0.3) is 0 Å². The Morgan fingerprint density at radius 3 is 0.453 bits per heavy atom. The largest absolute Gasteiger partial charge is 3.00 e. The van der Waals surface area contributed by atoms with Crippen molar-refractivity contribution in [3.63, 3.8) is 0 Å². The number of aromatic nitrogens is 32. The zero-order valence-corrected chi connectivity index (χ0v) is 62.3. The standard InChI is InChI=1S/6C6H10N4.2C6H9N4.4ClHO4.2Fe.4H2O/c8*1-2-4-6(3-1)10-5-7-8-9-10;4*2-1(3,4)5;;;;;;/h6*5-6H,1-4H2;2*6H,1-4H2;4*(H,2,3,4,5);;;4*1H2/q;;;;;;2*-1;;;;;2*+3;;;;. The maximum Gasteiger partial charge on any atom is 3.00 e. The fraction of sp³-hybridized carbons (Fsp3) is 0.833. The maximum absolute atomic E-state index is 8.49. The Hall–Kier alpha value is -6.04. The van der Waals surface area contributed by atoms with Crippen molar-refractivity contribution >= 4 is 0 Å². The molecule has 8 aromatic rings. The molecule has 2 radical (unpaired) electrons. The topological polar surface area (TPSA) is 850 Å². The Labute approximate surface area is 634 Å². The molecular formula is C48H90Cl4Fe2N32O20+4. The monoisotopic (exact) mass is 1690 g/mol. The van der Waals surface area contributed by atoms with E-state index < -0.39 is 41.0 Å². The number of nitrogens with zero attached hydrogens (tertiary/aromatic N) is 32. The molecule has 8 heterocycles. The minimum atomic E-state index is -4.94. The van der Waals surface area contributed by atoms with Crippen molar-refractivity contribution in [2.45, 2.75) is 254 Å². The van der Waals surface area contributed by atoms with Gasteiger partial charge >= 0.3 is 34.1 Å². The van der Waals surface area contributed by atoms with Gasteiger partial charge in [0, 0.05) is 12.1 Å². The van der Waals surface area contributed by atoms with Gasteiger partial charge in [-0.3, -0.25) is 0 Å². The van der Waals surface area contributed by atoms with Crippen molar-refractivity contribution in [1.29, 1.82) is 0 Å². The van der Waals surface area contributed by atoms with Gasteiger partial charge in [0.1, 0.15) is 38.0 Å². The Kier molecular flexibility index (Phi) is 54.1. The molecule has 0 bridgehead atoms. The quantitative estimate of drug-likeness (QED) is 0.0774. The summed E-state index contributed by atoms with van der Waals surface area (Å²) in [5, 5.41) is 87.9. The molecule has 0 amide bonds. The molecule has 8 fully saturated rings. The Balaban J connectivity index is 0. The van der Waals surface area contributed by atoms with Crippen molar-refractivity contribution in [2.24, 2.45) is 0 Å². The van der Waals surface area contributed by atoms with Crippen molar-refractivity contribution in [3.8, 4) is 0 Å². The zero-order valence-electron chi connectivity index (χ0n) is 57.1. The van der Waals surface area contributed by atoms with E-state index in [-0.39, 0.29) is 56.0 Å². The summed E-state index contributed by atoms with van der Waals surface area (Å²) < 4.78 is 151. The fourth-order valence-electron chi connectivity index (χ4n) is 11.9. The summed E-state index contributed by atoms with van der Waals surface area (Å²) in [4.78, 5) is 0. The van der Waals surface area contributed by atoms with Crippen LogP contribution in [-0.4, -0.2) is 162 Å².